The number of esters is 8. The quantitative estimate of drug-likeness (QED) is 0.0285. The van der Waals surface area contributed by atoms with Gasteiger partial charge < -0.3 is 117 Å². The molecule has 3 unspecified atom stereocenters. The van der Waals surface area contributed by atoms with E-state index in [4.69, 9.17) is 80.5 Å². The van der Waals surface area contributed by atoms with Crippen LogP contribution in [0, 0.1) is 5.41 Å². The van der Waals surface area contributed by atoms with Crippen LogP contribution < -0.4 is 31.9 Å². The highest BCUT2D eigenvalue weighted by molar-refractivity contribution is 5.90. The SMILES string of the molecule is COC(=O)CCOCCCC(=O)OCC(COCCOC(=O)NCCOCCC(=O)NC(CC(=O)OC(C)(C)C)C(=O)OC(C)(C)C)(COCCOC(=O)NCCOCCC(=O)NC(CC(=O)OC(C)(C)C)C(=O)OC(C)(C)C)COCCOC(=O)NCCOCCC(=O)NC(CC(=O)OC(C)(C)C)C(=O)OC(C)(C)C. The fraction of sp³-hybridized carbons (Fsp3) is 0.808. The second-order valence-electron chi connectivity index (χ2n) is 31.0. The fourth-order valence-corrected chi connectivity index (χ4v) is 8.46. The van der Waals surface area contributed by atoms with Crippen molar-refractivity contribution in [2.45, 2.75) is 234 Å². The molecule has 0 aromatic rings. The third-order valence-corrected chi connectivity index (χ3v) is 12.9. The maximum Gasteiger partial charge on any atom is 0.407 e. The summed E-state index contributed by atoms with van der Waals surface area (Å²) in [5.41, 5.74) is -6.63. The number of methoxy groups -OCH3 is 1. The van der Waals surface area contributed by atoms with Crippen LogP contribution in [0.1, 0.15) is 182 Å². The minimum Gasteiger partial charge on any atom is -0.469 e. The van der Waals surface area contributed by atoms with Crippen molar-refractivity contribution in [1.82, 2.24) is 31.9 Å². The number of hydrogen-bond donors (Lipinski definition) is 6. The Balaban J connectivity index is 6.05. The van der Waals surface area contributed by atoms with Crippen molar-refractivity contribution in [2.24, 2.45) is 5.41 Å². The van der Waals surface area contributed by atoms with Gasteiger partial charge in [-0.25, -0.2) is 28.8 Å². The molecule has 0 radical (unpaired) electrons. The summed E-state index contributed by atoms with van der Waals surface area (Å²) in [5.74, 6) is -7.68. The van der Waals surface area contributed by atoms with E-state index in [1.807, 2.05) is 0 Å². The van der Waals surface area contributed by atoms with Crippen molar-refractivity contribution in [3.05, 3.63) is 0 Å². The zero-order chi connectivity index (χ0) is 84.5. The van der Waals surface area contributed by atoms with E-state index in [1.165, 1.54) is 7.11 Å². The Kier molecular flexibility index (Phi) is 49.6. The number of carbonyl (C=O) groups is 14. The molecule has 6 amide bonds. The second-order valence-corrected chi connectivity index (χ2v) is 31.0. The molecule has 0 saturated heterocycles. The van der Waals surface area contributed by atoms with Crippen molar-refractivity contribution in [3.8, 4) is 0 Å². The number of ether oxygens (including phenoxy) is 18. The molecule has 0 spiro atoms. The molecule has 640 valence electrons. The van der Waals surface area contributed by atoms with Crippen LogP contribution >= 0.6 is 0 Å². The molecular formula is C73H126N6O32. The van der Waals surface area contributed by atoms with E-state index < -0.39 is 167 Å². The number of alkyl carbamates (subject to hydrolysis) is 3. The summed E-state index contributed by atoms with van der Waals surface area (Å²) in [6.45, 7) is 26.1. The zero-order valence-electron chi connectivity index (χ0n) is 68.5. The summed E-state index contributed by atoms with van der Waals surface area (Å²) in [6, 6.07) is -3.99. The van der Waals surface area contributed by atoms with Crippen LogP contribution in [0.2, 0.25) is 0 Å². The lowest BCUT2D eigenvalue weighted by Crippen LogP contribution is -2.46. The molecule has 38 nitrogen and oxygen atoms in total. The van der Waals surface area contributed by atoms with Crippen molar-refractivity contribution >= 4 is 83.8 Å². The van der Waals surface area contributed by atoms with Crippen LogP contribution in [0.25, 0.3) is 0 Å². The third-order valence-electron chi connectivity index (χ3n) is 12.9. The number of nitrogens with one attached hydrogen (secondary N) is 6. The van der Waals surface area contributed by atoms with Crippen LogP contribution in [0.15, 0.2) is 0 Å². The first-order valence-corrected chi connectivity index (χ1v) is 36.7. The normalized spacial score (nSPS) is 13.2. The highest BCUT2D eigenvalue weighted by Gasteiger charge is 2.37. The first-order valence-electron chi connectivity index (χ1n) is 36.7. The van der Waals surface area contributed by atoms with E-state index in [0.717, 1.165) is 0 Å². The number of rotatable bonds is 54. The van der Waals surface area contributed by atoms with E-state index in [2.05, 4.69) is 36.6 Å². The van der Waals surface area contributed by atoms with Gasteiger partial charge in [0.25, 0.3) is 0 Å². The molecule has 111 heavy (non-hydrogen) atoms. The van der Waals surface area contributed by atoms with Gasteiger partial charge in [0, 0.05) is 51.9 Å². The Labute approximate surface area is 651 Å². The van der Waals surface area contributed by atoms with E-state index in [1.54, 1.807) is 125 Å². The first-order chi connectivity index (χ1) is 51.5. The maximum atomic E-state index is 13.2. The number of carbonyl (C=O) groups excluding carboxylic acids is 14. The monoisotopic (exact) mass is 1600 g/mol. The minimum atomic E-state index is -1.37. The molecule has 6 N–H and O–H groups in total. The summed E-state index contributed by atoms with van der Waals surface area (Å²) in [5, 5.41) is 14.9. The van der Waals surface area contributed by atoms with Crippen LogP contribution in [-0.2, 0) is 138 Å². The molecule has 0 aliphatic heterocycles. The van der Waals surface area contributed by atoms with E-state index in [9.17, 15) is 67.1 Å². The van der Waals surface area contributed by atoms with Gasteiger partial charge in [0.15, 0.2) is 0 Å². The molecule has 0 heterocycles. The Morgan fingerprint density at radius 2 is 0.550 bits per heavy atom. The van der Waals surface area contributed by atoms with E-state index >= 15 is 0 Å². The van der Waals surface area contributed by atoms with Gasteiger partial charge in [-0.05, 0) is 131 Å². The molecule has 0 aromatic carbocycles. The first kappa shape index (κ1) is 103. The van der Waals surface area contributed by atoms with Crippen molar-refractivity contribution < 1.29 is 152 Å². The van der Waals surface area contributed by atoms with Gasteiger partial charge in [-0.3, -0.25) is 38.4 Å². The molecule has 0 saturated carbocycles. The maximum absolute atomic E-state index is 13.2. The van der Waals surface area contributed by atoms with Gasteiger partial charge >= 0.3 is 66.0 Å². The Bertz CT molecular complexity index is 2610. The second kappa shape index (κ2) is 53.6. The zero-order valence-corrected chi connectivity index (χ0v) is 68.5. The van der Waals surface area contributed by atoms with E-state index in [0.29, 0.717) is 0 Å². The molecule has 0 aliphatic carbocycles. The summed E-state index contributed by atoms with van der Waals surface area (Å²) in [6.07, 6.45) is -4.61. The Morgan fingerprint density at radius 1 is 0.270 bits per heavy atom. The van der Waals surface area contributed by atoms with Gasteiger partial charge in [0.2, 0.25) is 17.7 Å². The van der Waals surface area contributed by atoms with Gasteiger partial charge in [0.1, 0.15) is 78.2 Å². The van der Waals surface area contributed by atoms with Gasteiger partial charge in [0.05, 0.1) is 124 Å². The highest BCUT2D eigenvalue weighted by atomic mass is 16.6. The molecule has 0 rings (SSSR count). The molecule has 0 aromatic heterocycles. The largest absolute Gasteiger partial charge is 0.469 e. The van der Waals surface area contributed by atoms with Crippen LogP contribution in [0.3, 0.4) is 0 Å². The lowest BCUT2D eigenvalue weighted by atomic mass is 9.92. The predicted molar refractivity (Wildman–Crippen MR) is 392 cm³/mol. The van der Waals surface area contributed by atoms with Crippen molar-refractivity contribution in [2.75, 3.05) is 146 Å². The summed E-state index contributed by atoms with van der Waals surface area (Å²) >= 11 is 0. The highest BCUT2D eigenvalue weighted by Crippen LogP contribution is 2.23. The smallest absolute Gasteiger partial charge is 0.407 e. The lowest BCUT2D eigenvalue weighted by Gasteiger charge is -2.32. The Hall–Kier alpha value is -8.30. The molecule has 38 heteroatoms. The molecule has 0 fully saturated rings. The minimum absolute atomic E-state index is 0.00281. The standard InChI is InChI=1S/C73H126N6O32/c1-67(2,3)106-58(85)43-50(61(88)109-70(10,11)12)77-53(80)22-30-96-34-26-74-64(91)102-40-37-99-46-73(49-105-57(84)21-20-29-95-33-25-56(83)94-19,47-100-38-41-103-65(92)75-27-35-97-31-23-54(81)78-51(62(89)110-71(13,14)15)44-59(86)107-68(4,5)6)48-101-39-42-104-66(93)76-28-36-98-32-24-55(82)79-52(63(90)111-72(16,17)18)45-60(87)108-69(7,8)9/h50-52H,20-49H2,1-19H3,(H,74,91)(H,75,92)(H,76,93)(H,77,80)(H,78,81)(H,79,82). The summed E-state index contributed by atoms with van der Waals surface area (Å²) < 4.78 is 98.1. The van der Waals surface area contributed by atoms with Crippen molar-refractivity contribution in [1.29, 1.82) is 0 Å². The number of amides is 6. The predicted octanol–water partition coefficient (Wildman–Crippen LogP) is 4.00. The van der Waals surface area contributed by atoms with Crippen LogP contribution in [0.4, 0.5) is 14.4 Å². The summed E-state index contributed by atoms with van der Waals surface area (Å²) in [4.78, 5) is 178. The average molecular weight is 1600 g/mol. The molecule has 0 aliphatic rings. The topological polar surface area (TPSA) is 477 Å². The van der Waals surface area contributed by atoms with Gasteiger partial charge in [-0.2, -0.15) is 0 Å². The third kappa shape index (κ3) is 61.0. The van der Waals surface area contributed by atoms with Crippen LogP contribution in [0.5, 0.6) is 0 Å². The fourth-order valence-electron chi connectivity index (χ4n) is 8.46. The molecule has 0 bridgehead atoms. The van der Waals surface area contributed by atoms with E-state index in [-0.39, 0.29) is 170 Å². The number of hydrogen-bond acceptors (Lipinski definition) is 32. The average Bonchev–Trinajstić information content (AvgIpc) is 0.872. The lowest BCUT2D eigenvalue weighted by molar-refractivity contribution is -0.165. The van der Waals surface area contributed by atoms with Crippen molar-refractivity contribution in [3.63, 3.8) is 0 Å². The van der Waals surface area contributed by atoms with Gasteiger partial charge in [-0.1, -0.05) is 0 Å². The van der Waals surface area contributed by atoms with Crippen LogP contribution in [-0.4, -0.2) is 281 Å². The summed E-state index contributed by atoms with van der Waals surface area (Å²) in [7, 11) is 1.24. The van der Waals surface area contributed by atoms with Gasteiger partial charge in [-0.15, -0.1) is 0 Å². The Morgan fingerprint density at radius 3 is 0.829 bits per heavy atom. The molecular weight excluding hydrogens is 1470 g/mol. The molecule has 3 atom stereocenters.